The first-order chi connectivity index (χ1) is 7.11. The van der Waals surface area contributed by atoms with Crippen molar-refractivity contribution in [3.05, 3.63) is 39.4 Å². The summed E-state index contributed by atoms with van der Waals surface area (Å²) in [5.41, 5.74) is 2.57. The third-order valence-corrected chi connectivity index (χ3v) is 2.63. The average molecular weight is 204 g/mol. The second kappa shape index (κ2) is 3.38. The van der Waals surface area contributed by atoms with Crippen molar-refractivity contribution in [1.29, 1.82) is 0 Å². The summed E-state index contributed by atoms with van der Waals surface area (Å²) in [6.07, 6.45) is 3.93. The van der Waals surface area contributed by atoms with Crippen molar-refractivity contribution in [3.8, 4) is 0 Å². The lowest BCUT2D eigenvalue weighted by atomic mass is 10.0. The Morgan fingerprint density at radius 3 is 2.87 bits per heavy atom. The van der Waals surface area contributed by atoms with E-state index in [9.17, 15) is 10.1 Å². The molecule has 4 heteroatoms. The fourth-order valence-electron chi connectivity index (χ4n) is 1.89. The number of likely N-dealkylation sites (N-methyl/N-ethyl adjacent to an activating group) is 1. The van der Waals surface area contributed by atoms with Gasteiger partial charge in [-0.1, -0.05) is 24.3 Å². The molecule has 0 radical (unpaired) electrons. The summed E-state index contributed by atoms with van der Waals surface area (Å²) >= 11 is 0. The SMILES string of the molecule is Cc1ccc2c(c1[N+](=O)[O-])N(C)CC=C2. The number of anilines is 1. The first kappa shape index (κ1) is 9.71. The van der Waals surface area contributed by atoms with Gasteiger partial charge in [-0.2, -0.15) is 0 Å². The molecule has 2 rings (SSSR count). The van der Waals surface area contributed by atoms with Crippen molar-refractivity contribution in [2.75, 3.05) is 18.5 Å². The number of nitro benzene ring substituents is 1. The Kier molecular flexibility index (Phi) is 2.19. The Bertz CT molecular complexity index is 452. The van der Waals surface area contributed by atoms with E-state index in [1.807, 2.05) is 30.2 Å². The lowest BCUT2D eigenvalue weighted by Crippen LogP contribution is -2.21. The standard InChI is InChI=1S/C11H12N2O2/c1-8-5-6-9-4-3-7-12(2)11(9)10(8)13(14)15/h3-6H,7H2,1-2H3. The van der Waals surface area contributed by atoms with Gasteiger partial charge in [-0.25, -0.2) is 0 Å². The van der Waals surface area contributed by atoms with Crippen LogP contribution < -0.4 is 4.90 Å². The van der Waals surface area contributed by atoms with Crippen LogP contribution in [0.1, 0.15) is 11.1 Å². The van der Waals surface area contributed by atoms with Crippen LogP contribution in [0.25, 0.3) is 6.08 Å². The number of nitro groups is 1. The molecular formula is C11H12N2O2. The number of fused-ring (bicyclic) bond motifs is 1. The fourth-order valence-corrected chi connectivity index (χ4v) is 1.89. The van der Waals surface area contributed by atoms with E-state index < -0.39 is 0 Å². The fraction of sp³-hybridized carbons (Fsp3) is 0.273. The molecule has 0 amide bonds. The Morgan fingerprint density at radius 2 is 2.20 bits per heavy atom. The second-order valence-corrected chi connectivity index (χ2v) is 3.71. The molecule has 0 spiro atoms. The van der Waals surface area contributed by atoms with Gasteiger partial charge in [0.05, 0.1) is 4.92 Å². The first-order valence-electron chi connectivity index (χ1n) is 4.77. The number of rotatable bonds is 1. The largest absolute Gasteiger partial charge is 0.365 e. The molecule has 0 aliphatic carbocycles. The molecule has 1 aliphatic rings. The van der Waals surface area contributed by atoms with Crippen LogP contribution in [-0.4, -0.2) is 18.5 Å². The van der Waals surface area contributed by atoms with Gasteiger partial charge in [0, 0.05) is 24.7 Å². The molecule has 0 fully saturated rings. The van der Waals surface area contributed by atoms with Gasteiger partial charge >= 0.3 is 0 Å². The minimum absolute atomic E-state index is 0.222. The summed E-state index contributed by atoms with van der Waals surface area (Å²) in [4.78, 5) is 12.6. The van der Waals surface area contributed by atoms with Crippen molar-refractivity contribution in [3.63, 3.8) is 0 Å². The summed E-state index contributed by atoms with van der Waals surface area (Å²) in [6.45, 7) is 2.49. The van der Waals surface area contributed by atoms with Gasteiger partial charge in [0.25, 0.3) is 5.69 Å². The van der Waals surface area contributed by atoms with Crippen LogP contribution >= 0.6 is 0 Å². The molecule has 1 heterocycles. The van der Waals surface area contributed by atoms with Crippen molar-refractivity contribution >= 4 is 17.5 Å². The van der Waals surface area contributed by atoms with Gasteiger partial charge in [0.2, 0.25) is 0 Å². The quantitative estimate of drug-likeness (QED) is 0.521. The van der Waals surface area contributed by atoms with Crippen LogP contribution in [0.15, 0.2) is 18.2 Å². The summed E-state index contributed by atoms with van der Waals surface area (Å²) in [6, 6.07) is 3.71. The van der Waals surface area contributed by atoms with Gasteiger partial charge in [0.15, 0.2) is 0 Å². The number of hydrogen-bond acceptors (Lipinski definition) is 3. The van der Waals surface area contributed by atoms with E-state index in [-0.39, 0.29) is 10.6 Å². The molecule has 0 saturated carbocycles. The molecule has 0 aromatic heterocycles. The maximum atomic E-state index is 11.0. The molecule has 0 unspecified atom stereocenters. The molecule has 0 bridgehead atoms. The number of aryl methyl sites for hydroxylation is 1. The van der Waals surface area contributed by atoms with Gasteiger partial charge in [-0.3, -0.25) is 10.1 Å². The monoisotopic (exact) mass is 204 g/mol. The van der Waals surface area contributed by atoms with Crippen molar-refractivity contribution in [2.24, 2.45) is 0 Å². The van der Waals surface area contributed by atoms with Gasteiger partial charge in [-0.15, -0.1) is 0 Å². The molecule has 0 N–H and O–H groups in total. The Labute approximate surface area is 88.0 Å². The highest BCUT2D eigenvalue weighted by Gasteiger charge is 2.24. The lowest BCUT2D eigenvalue weighted by Gasteiger charge is -2.23. The molecule has 15 heavy (non-hydrogen) atoms. The Morgan fingerprint density at radius 1 is 1.47 bits per heavy atom. The zero-order valence-electron chi connectivity index (χ0n) is 8.73. The van der Waals surface area contributed by atoms with Crippen LogP contribution in [0.5, 0.6) is 0 Å². The molecule has 0 atom stereocenters. The number of benzene rings is 1. The summed E-state index contributed by atoms with van der Waals surface area (Å²) in [5.74, 6) is 0. The van der Waals surface area contributed by atoms with Crippen LogP contribution in [0.4, 0.5) is 11.4 Å². The maximum Gasteiger partial charge on any atom is 0.296 e. The van der Waals surface area contributed by atoms with Gasteiger partial charge < -0.3 is 4.90 Å². The van der Waals surface area contributed by atoms with Crippen molar-refractivity contribution in [2.45, 2.75) is 6.92 Å². The topological polar surface area (TPSA) is 46.4 Å². The summed E-state index contributed by atoms with van der Waals surface area (Å²) in [5, 5.41) is 11.0. The molecule has 1 aliphatic heterocycles. The third kappa shape index (κ3) is 1.48. The number of nitrogens with zero attached hydrogens (tertiary/aromatic N) is 2. The van der Waals surface area contributed by atoms with E-state index in [4.69, 9.17) is 0 Å². The van der Waals surface area contributed by atoms with Crippen molar-refractivity contribution < 1.29 is 4.92 Å². The predicted molar refractivity (Wildman–Crippen MR) is 60.1 cm³/mol. The Balaban J connectivity index is 2.72. The zero-order valence-corrected chi connectivity index (χ0v) is 8.73. The van der Waals surface area contributed by atoms with E-state index in [1.165, 1.54) is 0 Å². The third-order valence-electron chi connectivity index (χ3n) is 2.63. The van der Waals surface area contributed by atoms with Gasteiger partial charge in [0.1, 0.15) is 5.69 Å². The minimum Gasteiger partial charge on any atom is -0.365 e. The molecule has 0 saturated heterocycles. The highest BCUT2D eigenvalue weighted by atomic mass is 16.6. The van der Waals surface area contributed by atoms with Crippen LogP contribution in [0.3, 0.4) is 0 Å². The smallest absolute Gasteiger partial charge is 0.296 e. The number of hydrogen-bond donors (Lipinski definition) is 0. The lowest BCUT2D eigenvalue weighted by molar-refractivity contribution is -0.384. The van der Waals surface area contributed by atoms with E-state index in [2.05, 4.69) is 0 Å². The van der Waals surface area contributed by atoms with E-state index in [0.29, 0.717) is 5.56 Å². The van der Waals surface area contributed by atoms with Crippen molar-refractivity contribution in [1.82, 2.24) is 0 Å². The summed E-state index contributed by atoms with van der Waals surface area (Å²) < 4.78 is 0. The molecule has 1 aromatic rings. The van der Waals surface area contributed by atoms with E-state index in [0.717, 1.165) is 17.8 Å². The highest BCUT2D eigenvalue weighted by molar-refractivity contribution is 5.80. The highest BCUT2D eigenvalue weighted by Crippen LogP contribution is 2.36. The first-order valence-corrected chi connectivity index (χ1v) is 4.77. The van der Waals surface area contributed by atoms with Crippen LogP contribution in [0, 0.1) is 17.0 Å². The normalized spacial score (nSPS) is 13.9. The van der Waals surface area contributed by atoms with Gasteiger partial charge in [-0.05, 0) is 6.92 Å². The average Bonchev–Trinajstić information content (AvgIpc) is 2.18. The molecular weight excluding hydrogens is 192 g/mol. The minimum atomic E-state index is -0.302. The van der Waals surface area contributed by atoms with E-state index >= 15 is 0 Å². The molecule has 1 aromatic carbocycles. The van der Waals surface area contributed by atoms with E-state index in [1.54, 1.807) is 13.0 Å². The molecule has 4 nitrogen and oxygen atoms in total. The van der Waals surface area contributed by atoms with Crippen LogP contribution in [-0.2, 0) is 0 Å². The molecule has 78 valence electrons. The zero-order chi connectivity index (χ0) is 11.0. The predicted octanol–water partition coefficient (Wildman–Crippen LogP) is 2.37. The second-order valence-electron chi connectivity index (χ2n) is 3.71. The van der Waals surface area contributed by atoms with Crippen LogP contribution in [0.2, 0.25) is 0 Å². The maximum absolute atomic E-state index is 11.0. The Hall–Kier alpha value is -1.84. The summed E-state index contributed by atoms with van der Waals surface area (Å²) in [7, 11) is 1.87.